The summed E-state index contributed by atoms with van der Waals surface area (Å²) in [5.41, 5.74) is 0. The minimum absolute atomic E-state index is 0.322. The van der Waals surface area contributed by atoms with Crippen LogP contribution in [0, 0.1) is 0 Å². The van der Waals surface area contributed by atoms with Crippen LogP contribution in [0.3, 0.4) is 0 Å². The van der Waals surface area contributed by atoms with Crippen LogP contribution in [0.15, 0.2) is 0 Å². The molecule has 22 heavy (non-hydrogen) atoms. The summed E-state index contributed by atoms with van der Waals surface area (Å²) in [6, 6.07) is 0. The fourth-order valence-electron chi connectivity index (χ4n) is 3.10. The van der Waals surface area contributed by atoms with Crippen molar-refractivity contribution in [2.24, 2.45) is 0 Å². The molecule has 1 heterocycles. The first-order valence-electron chi connectivity index (χ1n) is 9.50. The van der Waals surface area contributed by atoms with Gasteiger partial charge in [0.25, 0.3) is 0 Å². The van der Waals surface area contributed by atoms with E-state index in [0.29, 0.717) is 24.6 Å². The van der Waals surface area contributed by atoms with Crippen LogP contribution in [0.5, 0.6) is 0 Å². The Kier molecular flexibility index (Phi) is 11.7. The predicted octanol–water partition coefficient (Wildman–Crippen LogP) is 4.80. The molecule has 0 aromatic carbocycles. The minimum Gasteiger partial charge on any atom is -0.396 e. The third kappa shape index (κ3) is 11.2. The second kappa shape index (κ2) is 13.1. The number of carbonyl (C=O) groups excluding carboxylic acids is 1. The number of hydrogen-bond donors (Lipinski definition) is 1. The molecular formula is C19H36O3. The molecule has 1 fully saturated rings. The van der Waals surface area contributed by atoms with E-state index in [4.69, 9.17) is 9.84 Å². The Morgan fingerprint density at radius 2 is 1.23 bits per heavy atom. The Hall–Kier alpha value is -0.410. The quantitative estimate of drug-likeness (QED) is 0.329. The van der Waals surface area contributed by atoms with Gasteiger partial charge in [-0.3, -0.25) is 0 Å². The SMILES string of the molecule is CC(=O)CCCCCCCC1OC1CCCCCCCCO. The zero-order valence-corrected chi connectivity index (χ0v) is 14.5. The van der Waals surface area contributed by atoms with Crippen molar-refractivity contribution in [2.45, 2.75) is 109 Å². The number of epoxide rings is 1. The molecule has 1 rings (SSSR count). The summed E-state index contributed by atoms with van der Waals surface area (Å²) in [6.07, 6.45) is 17.7. The smallest absolute Gasteiger partial charge is 0.129 e. The third-order valence-electron chi connectivity index (χ3n) is 4.60. The average Bonchev–Trinajstić information content (AvgIpc) is 3.23. The maximum atomic E-state index is 10.8. The van der Waals surface area contributed by atoms with Crippen molar-refractivity contribution in [3.05, 3.63) is 0 Å². The normalized spacial score (nSPS) is 20.3. The number of unbranched alkanes of at least 4 members (excludes halogenated alkanes) is 9. The van der Waals surface area contributed by atoms with Crippen LogP contribution < -0.4 is 0 Å². The van der Waals surface area contributed by atoms with E-state index in [1.807, 2.05) is 0 Å². The van der Waals surface area contributed by atoms with E-state index in [9.17, 15) is 4.79 Å². The molecule has 0 aliphatic carbocycles. The predicted molar refractivity (Wildman–Crippen MR) is 91.1 cm³/mol. The number of ether oxygens (including phenoxy) is 1. The Balaban J connectivity index is 1.76. The fraction of sp³-hybridized carbons (Fsp3) is 0.947. The van der Waals surface area contributed by atoms with Crippen LogP contribution in [0.25, 0.3) is 0 Å². The minimum atomic E-state index is 0.322. The molecule has 0 radical (unpaired) electrons. The second-order valence-corrected chi connectivity index (χ2v) is 6.86. The van der Waals surface area contributed by atoms with Gasteiger partial charge in [0.1, 0.15) is 5.78 Å². The van der Waals surface area contributed by atoms with Gasteiger partial charge < -0.3 is 14.6 Å². The lowest BCUT2D eigenvalue weighted by molar-refractivity contribution is -0.117. The highest BCUT2D eigenvalue weighted by molar-refractivity contribution is 5.75. The van der Waals surface area contributed by atoms with Crippen molar-refractivity contribution in [1.29, 1.82) is 0 Å². The fourth-order valence-corrected chi connectivity index (χ4v) is 3.10. The van der Waals surface area contributed by atoms with E-state index in [-0.39, 0.29) is 0 Å². The van der Waals surface area contributed by atoms with Gasteiger partial charge in [-0.2, -0.15) is 0 Å². The highest BCUT2D eigenvalue weighted by atomic mass is 16.6. The average molecular weight is 312 g/mol. The van der Waals surface area contributed by atoms with Gasteiger partial charge in [0.2, 0.25) is 0 Å². The molecule has 0 bridgehead atoms. The number of Topliss-reactive ketones (excluding diaryl/α,β-unsaturated/α-hetero) is 1. The van der Waals surface area contributed by atoms with Gasteiger partial charge in [-0.15, -0.1) is 0 Å². The summed E-state index contributed by atoms with van der Waals surface area (Å²) in [5, 5.41) is 8.70. The first kappa shape index (κ1) is 19.6. The van der Waals surface area contributed by atoms with Crippen molar-refractivity contribution in [3.63, 3.8) is 0 Å². The molecule has 1 N–H and O–H groups in total. The molecule has 0 amide bonds. The number of rotatable bonds is 16. The van der Waals surface area contributed by atoms with Crippen LogP contribution in [0.2, 0.25) is 0 Å². The molecule has 130 valence electrons. The molecule has 3 heteroatoms. The van der Waals surface area contributed by atoms with Crippen LogP contribution >= 0.6 is 0 Å². The second-order valence-electron chi connectivity index (χ2n) is 6.86. The topological polar surface area (TPSA) is 49.8 Å². The first-order valence-corrected chi connectivity index (χ1v) is 9.50. The molecule has 1 saturated heterocycles. The Labute approximate surface area is 136 Å². The molecule has 3 nitrogen and oxygen atoms in total. The van der Waals surface area contributed by atoms with E-state index in [2.05, 4.69) is 0 Å². The van der Waals surface area contributed by atoms with Crippen molar-refractivity contribution in [3.8, 4) is 0 Å². The molecular weight excluding hydrogens is 276 g/mol. The number of aliphatic hydroxyl groups excluding tert-OH is 1. The lowest BCUT2D eigenvalue weighted by Crippen LogP contribution is -1.95. The monoisotopic (exact) mass is 312 g/mol. The Morgan fingerprint density at radius 1 is 0.773 bits per heavy atom. The summed E-state index contributed by atoms with van der Waals surface area (Å²) >= 11 is 0. The number of ketones is 1. The summed E-state index contributed by atoms with van der Waals surface area (Å²) in [4.78, 5) is 10.8. The van der Waals surface area contributed by atoms with E-state index in [1.165, 1.54) is 70.6 Å². The summed E-state index contributed by atoms with van der Waals surface area (Å²) in [7, 11) is 0. The van der Waals surface area contributed by atoms with Gasteiger partial charge in [0.05, 0.1) is 12.2 Å². The van der Waals surface area contributed by atoms with Crippen LogP contribution in [-0.2, 0) is 9.53 Å². The van der Waals surface area contributed by atoms with E-state index in [0.717, 1.165) is 19.3 Å². The third-order valence-corrected chi connectivity index (χ3v) is 4.60. The van der Waals surface area contributed by atoms with E-state index < -0.39 is 0 Å². The van der Waals surface area contributed by atoms with Gasteiger partial charge in [-0.1, -0.05) is 57.8 Å². The van der Waals surface area contributed by atoms with Gasteiger partial charge in [0.15, 0.2) is 0 Å². The Bertz CT molecular complexity index is 278. The largest absolute Gasteiger partial charge is 0.396 e. The van der Waals surface area contributed by atoms with Gasteiger partial charge in [0, 0.05) is 13.0 Å². The molecule has 2 unspecified atom stereocenters. The maximum absolute atomic E-state index is 10.8. The molecule has 0 saturated carbocycles. The summed E-state index contributed by atoms with van der Waals surface area (Å²) < 4.78 is 5.74. The van der Waals surface area contributed by atoms with Crippen LogP contribution in [0.4, 0.5) is 0 Å². The molecule has 1 aliphatic heterocycles. The van der Waals surface area contributed by atoms with Crippen molar-refractivity contribution < 1.29 is 14.6 Å². The standard InChI is InChI=1S/C19H36O3/c1-17(21)13-9-5-4-7-11-15-19-18(22-19)14-10-6-2-3-8-12-16-20/h18-20H,2-16H2,1H3. The molecule has 2 atom stereocenters. The Morgan fingerprint density at radius 3 is 1.73 bits per heavy atom. The lowest BCUT2D eigenvalue weighted by atomic mass is 10.0. The van der Waals surface area contributed by atoms with Crippen LogP contribution in [0.1, 0.15) is 96.8 Å². The van der Waals surface area contributed by atoms with Gasteiger partial charge in [-0.25, -0.2) is 0 Å². The highest BCUT2D eigenvalue weighted by Crippen LogP contribution is 2.31. The molecule has 0 aromatic rings. The first-order chi connectivity index (χ1) is 10.7. The lowest BCUT2D eigenvalue weighted by Gasteiger charge is -2.00. The van der Waals surface area contributed by atoms with Gasteiger partial charge >= 0.3 is 0 Å². The highest BCUT2D eigenvalue weighted by Gasteiger charge is 2.36. The molecule has 1 aliphatic rings. The van der Waals surface area contributed by atoms with Gasteiger partial charge in [-0.05, 0) is 32.6 Å². The van der Waals surface area contributed by atoms with Crippen LogP contribution in [-0.4, -0.2) is 29.7 Å². The molecule has 0 aromatic heterocycles. The molecule has 0 spiro atoms. The van der Waals surface area contributed by atoms with Crippen molar-refractivity contribution >= 4 is 5.78 Å². The maximum Gasteiger partial charge on any atom is 0.129 e. The number of aliphatic hydroxyl groups is 1. The summed E-state index contributed by atoms with van der Waals surface area (Å²) in [6.45, 7) is 2.02. The van der Waals surface area contributed by atoms with Crippen molar-refractivity contribution in [1.82, 2.24) is 0 Å². The number of carbonyl (C=O) groups is 1. The van der Waals surface area contributed by atoms with Crippen molar-refractivity contribution in [2.75, 3.05) is 6.61 Å². The summed E-state index contributed by atoms with van der Waals surface area (Å²) in [5.74, 6) is 0.322. The number of hydrogen-bond acceptors (Lipinski definition) is 3. The zero-order valence-electron chi connectivity index (χ0n) is 14.5. The van der Waals surface area contributed by atoms with E-state index in [1.54, 1.807) is 6.92 Å². The van der Waals surface area contributed by atoms with E-state index >= 15 is 0 Å². The zero-order chi connectivity index (χ0) is 16.0.